The molecule has 144 valence electrons. The highest BCUT2D eigenvalue weighted by atomic mass is 32.1. The molecule has 3 aromatic rings. The van der Waals surface area contributed by atoms with E-state index < -0.39 is 12.6 Å². The smallest absolute Gasteiger partial charge is 0.341 e. The first-order valence-corrected chi connectivity index (χ1v) is 8.88. The van der Waals surface area contributed by atoms with E-state index in [1.54, 1.807) is 30.5 Å². The van der Waals surface area contributed by atoms with Gasteiger partial charge in [-0.25, -0.2) is 9.89 Å². The zero-order valence-corrected chi connectivity index (χ0v) is 15.8. The number of aromatic amines is 1. The number of carboxylic acid groups (broad SMARTS) is 1. The van der Waals surface area contributed by atoms with Crippen LogP contribution in [0, 0.1) is 4.77 Å². The summed E-state index contributed by atoms with van der Waals surface area (Å²) in [5.41, 5.74) is 1.40. The standard InChI is InChI=1S/C19H18N4O4S/c1-2-26-15-8-5-7-13(10-15)18-21-22-19(28)23(18)20-11-14-6-3-4-9-16(14)27-12-17(24)25/h3-11H,2,12H2,1H3,(H,22,28)(H,24,25). The molecule has 0 aliphatic heterocycles. The summed E-state index contributed by atoms with van der Waals surface area (Å²) in [5, 5.41) is 20.2. The first-order chi connectivity index (χ1) is 13.6. The molecule has 0 aliphatic rings. The number of rotatable bonds is 8. The van der Waals surface area contributed by atoms with Gasteiger partial charge in [0, 0.05) is 11.1 Å². The molecule has 0 amide bonds. The van der Waals surface area contributed by atoms with E-state index in [9.17, 15) is 4.79 Å². The van der Waals surface area contributed by atoms with E-state index in [1.807, 2.05) is 31.2 Å². The molecule has 8 nitrogen and oxygen atoms in total. The lowest BCUT2D eigenvalue weighted by Gasteiger charge is -2.07. The van der Waals surface area contributed by atoms with Gasteiger partial charge in [-0.15, -0.1) is 0 Å². The number of aromatic nitrogens is 3. The highest BCUT2D eigenvalue weighted by molar-refractivity contribution is 7.71. The molecule has 0 atom stereocenters. The van der Waals surface area contributed by atoms with E-state index in [1.165, 1.54) is 4.68 Å². The number of nitrogens with one attached hydrogen (secondary N) is 1. The maximum atomic E-state index is 10.7. The molecule has 0 saturated carbocycles. The van der Waals surface area contributed by atoms with Crippen molar-refractivity contribution in [3.05, 3.63) is 58.9 Å². The van der Waals surface area contributed by atoms with Crippen molar-refractivity contribution in [3.63, 3.8) is 0 Å². The third-order valence-electron chi connectivity index (χ3n) is 3.64. The summed E-state index contributed by atoms with van der Waals surface area (Å²) in [7, 11) is 0. The first kappa shape index (κ1) is 19.3. The summed E-state index contributed by atoms with van der Waals surface area (Å²) in [6, 6.07) is 14.4. The Morgan fingerprint density at radius 3 is 2.89 bits per heavy atom. The molecular weight excluding hydrogens is 380 g/mol. The van der Waals surface area contributed by atoms with Crippen LogP contribution in [0.15, 0.2) is 53.6 Å². The van der Waals surface area contributed by atoms with Crippen LogP contribution in [0.1, 0.15) is 12.5 Å². The molecule has 0 unspecified atom stereocenters. The number of para-hydroxylation sites is 1. The topological polar surface area (TPSA) is 102 Å². The molecule has 0 bridgehead atoms. The molecule has 0 radical (unpaired) electrons. The van der Waals surface area contributed by atoms with Crippen LogP contribution in [0.3, 0.4) is 0 Å². The van der Waals surface area contributed by atoms with Gasteiger partial charge < -0.3 is 14.6 Å². The Bertz CT molecular complexity index is 1060. The van der Waals surface area contributed by atoms with Gasteiger partial charge in [-0.3, -0.25) is 0 Å². The molecule has 0 saturated heterocycles. The molecule has 1 heterocycles. The number of hydrogen-bond acceptors (Lipinski definition) is 6. The van der Waals surface area contributed by atoms with Crippen LogP contribution in [-0.2, 0) is 4.79 Å². The van der Waals surface area contributed by atoms with Crippen LogP contribution < -0.4 is 9.47 Å². The van der Waals surface area contributed by atoms with Crippen molar-refractivity contribution in [1.29, 1.82) is 0 Å². The Morgan fingerprint density at radius 2 is 2.11 bits per heavy atom. The molecule has 1 aromatic heterocycles. The second-order valence-corrected chi connectivity index (χ2v) is 5.98. The Kier molecular flexibility index (Phi) is 6.18. The summed E-state index contributed by atoms with van der Waals surface area (Å²) in [5.74, 6) is 0.590. The number of carbonyl (C=O) groups is 1. The van der Waals surface area contributed by atoms with Crippen LogP contribution >= 0.6 is 12.2 Å². The number of hydrogen-bond donors (Lipinski definition) is 2. The molecule has 2 N–H and O–H groups in total. The predicted molar refractivity (Wildman–Crippen MR) is 107 cm³/mol. The average Bonchev–Trinajstić information content (AvgIpc) is 3.06. The van der Waals surface area contributed by atoms with Gasteiger partial charge in [0.2, 0.25) is 4.77 Å². The fraction of sp³-hybridized carbons (Fsp3) is 0.158. The number of nitrogens with zero attached hydrogens (tertiary/aromatic N) is 3. The summed E-state index contributed by atoms with van der Waals surface area (Å²) in [4.78, 5) is 10.7. The van der Waals surface area contributed by atoms with Gasteiger partial charge >= 0.3 is 5.97 Å². The third kappa shape index (κ3) is 4.63. The van der Waals surface area contributed by atoms with Gasteiger partial charge in [-0.1, -0.05) is 24.3 Å². The number of benzene rings is 2. The van der Waals surface area contributed by atoms with E-state index >= 15 is 0 Å². The van der Waals surface area contributed by atoms with Crippen LogP contribution in [0.2, 0.25) is 0 Å². The fourth-order valence-electron chi connectivity index (χ4n) is 2.46. The van der Waals surface area contributed by atoms with Crippen molar-refractivity contribution in [1.82, 2.24) is 14.9 Å². The largest absolute Gasteiger partial charge is 0.494 e. The fourth-order valence-corrected chi connectivity index (χ4v) is 2.63. The van der Waals surface area contributed by atoms with Gasteiger partial charge in [0.25, 0.3) is 0 Å². The summed E-state index contributed by atoms with van der Waals surface area (Å²) in [6.07, 6.45) is 1.54. The second kappa shape index (κ2) is 8.96. The quantitative estimate of drug-likeness (QED) is 0.446. The number of carboxylic acids is 1. The molecule has 0 fully saturated rings. The Hall–Kier alpha value is -3.46. The van der Waals surface area contributed by atoms with Gasteiger partial charge in [0.15, 0.2) is 12.4 Å². The van der Waals surface area contributed by atoms with Crippen molar-refractivity contribution < 1.29 is 19.4 Å². The maximum Gasteiger partial charge on any atom is 0.341 e. The molecular formula is C19H18N4O4S. The van der Waals surface area contributed by atoms with Crippen LogP contribution in [0.4, 0.5) is 0 Å². The van der Waals surface area contributed by atoms with Gasteiger partial charge in [0.05, 0.1) is 12.8 Å². The zero-order valence-electron chi connectivity index (χ0n) is 15.0. The SMILES string of the molecule is CCOc1cccc(-c2n[nH]c(=S)n2N=Cc2ccccc2OCC(=O)O)c1. The van der Waals surface area contributed by atoms with Crippen LogP contribution in [-0.4, -0.2) is 45.4 Å². The van der Waals surface area contributed by atoms with Crippen LogP contribution in [0.5, 0.6) is 11.5 Å². The summed E-state index contributed by atoms with van der Waals surface area (Å²) in [6.45, 7) is 2.03. The van der Waals surface area contributed by atoms with E-state index in [0.29, 0.717) is 28.5 Å². The number of ether oxygens (including phenoxy) is 2. The van der Waals surface area contributed by atoms with Gasteiger partial charge in [0.1, 0.15) is 11.5 Å². The minimum absolute atomic E-state index is 0.317. The number of H-pyrrole nitrogens is 1. The maximum absolute atomic E-state index is 10.7. The Balaban J connectivity index is 1.93. The molecule has 2 aromatic carbocycles. The van der Waals surface area contributed by atoms with Crippen molar-refractivity contribution in [2.24, 2.45) is 5.10 Å². The van der Waals surface area contributed by atoms with E-state index in [2.05, 4.69) is 15.3 Å². The van der Waals surface area contributed by atoms with E-state index in [-0.39, 0.29) is 0 Å². The highest BCUT2D eigenvalue weighted by Gasteiger charge is 2.10. The minimum Gasteiger partial charge on any atom is -0.494 e. The van der Waals surface area contributed by atoms with Gasteiger partial charge in [-0.2, -0.15) is 14.9 Å². The lowest BCUT2D eigenvalue weighted by atomic mass is 10.2. The molecule has 3 rings (SSSR count). The average molecular weight is 398 g/mol. The van der Waals surface area contributed by atoms with Crippen LogP contribution in [0.25, 0.3) is 11.4 Å². The summed E-state index contributed by atoms with van der Waals surface area (Å²) < 4.78 is 12.6. The molecule has 0 spiro atoms. The molecule has 9 heteroatoms. The Labute approximate surface area is 166 Å². The van der Waals surface area contributed by atoms with E-state index in [4.69, 9.17) is 26.8 Å². The van der Waals surface area contributed by atoms with Crippen molar-refractivity contribution in [2.75, 3.05) is 13.2 Å². The minimum atomic E-state index is -1.06. The zero-order chi connectivity index (χ0) is 19.9. The number of aliphatic carboxylic acids is 1. The highest BCUT2D eigenvalue weighted by Crippen LogP contribution is 2.23. The molecule has 0 aliphatic carbocycles. The van der Waals surface area contributed by atoms with Crippen molar-refractivity contribution in [3.8, 4) is 22.9 Å². The Morgan fingerprint density at radius 1 is 1.29 bits per heavy atom. The first-order valence-electron chi connectivity index (χ1n) is 8.47. The summed E-state index contributed by atoms with van der Waals surface area (Å²) >= 11 is 5.28. The lowest BCUT2D eigenvalue weighted by Crippen LogP contribution is -2.10. The monoisotopic (exact) mass is 398 g/mol. The normalized spacial score (nSPS) is 10.9. The van der Waals surface area contributed by atoms with Crippen molar-refractivity contribution >= 4 is 24.4 Å². The predicted octanol–water partition coefficient (Wildman–Crippen LogP) is 3.35. The van der Waals surface area contributed by atoms with E-state index in [0.717, 1.165) is 11.3 Å². The van der Waals surface area contributed by atoms with Gasteiger partial charge in [-0.05, 0) is 43.4 Å². The molecule has 28 heavy (non-hydrogen) atoms. The third-order valence-corrected chi connectivity index (χ3v) is 3.90. The van der Waals surface area contributed by atoms with Crippen molar-refractivity contribution in [2.45, 2.75) is 6.92 Å². The second-order valence-electron chi connectivity index (χ2n) is 5.59. The lowest BCUT2D eigenvalue weighted by molar-refractivity contribution is -0.139.